The molecule has 0 radical (unpaired) electrons. The van der Waals surface area contributed by atoms with Crippen molar-refractivity contribution >= 4 is 5.91 Å². The van der Waals surface area contributed by atoms with Crippen molar-refractivity contribution in [3.05, 3.63) is 23.2 Å². The second kappa shape index (κ2) is 4.28. The zero-order chi connectivity index (χ0) is 11.7. The molecular weight excluding hydrogens is 209 g/mol. The lowest BCUT2D eigenvalue weighted by Gasteiger charge is -2.10. The lowest BCUT2D eigenvalue weighted by Crippen LogP contribution is -2.33. The van der Waals surface area contributed by atoms with Crippen molar-refractivity contribution in [2.75, 3.05) is 0 Å². The van der Waals surface area contributed by atoms with E-state index < -0.39 is 6.17 Å². The Morgan fingerprint density at radius 2 is 2.25 bits per heavy atom. The van der Waals surface area contributed by atoms with Crippen LogP contribution in [-0.4, -0.2) is 18.1 Å². The monoisotopic (exact) mass is 225 g/mol. The van der Waals surface area contributed by atoms with Crippen LogP contribution < -0.4 is 5.32 Å². The van der Waals surface area contributed by atoms with Crippen LogP contribution in [0.3, 0.4) is 0 Å². The molecule has 2 rings (SSSR count). The Labute approximate surface area is 94.0 Å². The average Bonchev–Trinajstić information content (AvgIpc) is 2.73. The van der Waals surface area contributed by atoms with Crippen LogP contribution in [0.25, 0.3) is 0 Å². The van der Waals surface area contributed by atoms with Crippen molar-refractivity contribution < 1.29 is 13.6 Å². The number of carbonyl (C=O) groups excluding carboxylic acids is 1. The number of hydrogen-bond donors (Lipinski definition) is 1. The molecule has 0 aliphatic heterocycles. The molecular formula is C12H16FNO2. The first kappa shape index (κ1) is 11.2. The highest BCUT2D eigenvalue weighted by atomic mass is 19.1. The fraction of sp³-hybridized carbons (Fsp3) is 0.583. The van der Waals surface area contributed by atoms with Crippen molar-refractivity contribution in [2.45, 2.75) is 45.3 Å². The van der Waals surface area contributed by atoms with Gasteiger partial charge in [0.25, 0.3) is 5.91 Å². The SMILES string of the molecule is Cc1cc(C(=O)N[C@@H]2CC[C@H](F)C2)c(C)o1. The van der Waals surface area contributed by atoms with Gasteiger partial charge in [-0.3, -0.25) is 4.79 Å². The maximum atomic E-state index is 12.9. The minimum absolute atomic E-state index is 0.0305. The molecule has 88 valence electrons. The standard InChI is InChI=1S/C12H16FNO2/c1-7-5-11(8(2)16-7)12(15)14-10-4-3-9(13)6-10/h5,9-10H,3-4,6H2,1-2H3,(H,14,15)/t9-,10+/m0/s1. The Bertz CT molecular complexity index is 400. The number of halogens is 1. The Kier molecular flexibility index (Phi) is 2.99. The highest BCUT2D eigenvalue weighted by Gasteiger charge is 2.26. The van der Waals surface area contributed by atoms with E-state index in [4.69, 9.17) is 4.42 Å². The molecule has 1 amide bonds. The Balaban J connectivity index is 2.00. The van der Waals surface area contributed by atoms with E-state index in [-0.39, 0.29) is 11.9 Å². The summed E-state index contributed by atoms with van der Waals surface area (Å²) >= 11 is 0. The maximum absolute atomic E-state index is 12.9. The Hall–Kier alpha value is -1.32. The number of rotatable bonds is 2. The Morgan fingerprint density at radius 3 is 2.75 bits per heavy atom. The summed E-state index contributed by atoms with van der Waals surface area (Å²) < 4.78 is 18.2. The molecule has 1 aliphatic rings. The van der Waals surface area contributed by atoms with Gasteiger partial charge in [0.2, 0.25) is 0 Å². The Morgan fingerprint density at radius 1 is 1.50 bits per heavy atom. The number of aryl methyl sites for hydroxylation is 2. The molecule has 0 bridgehead atoms. The quantitative estimate of drug-likeness (QED) is 0.840. The molecule has 1 heterocycles. The number of furan rings is 1. The van der Waals surface area contributed by atoms with Crippen LogP contribution in [0.2, 0.25) is 0 Å². The fourth-order valence-electron chi connectivity index (χ4n) is 2.18. The second-order valence-electron chi connectivity index (χ2n) is 4.41. The van der Waals surface area contributed by atoms with Crippen molar-refractivity contribution in [3.63, 3.8) is 0 Å². The predicted molar refractivity (Wildman–Crippen MR) is 58.2 cm³/mol. The number of hydrogen-bond acceptors (Lipinski definition) is 2. The molecule has 1 saturated carbocycles. The van der Waals surface area contributed by atoms with Gasteiger partial charge in [0.1, 0.15) is 17.7 Å². The minimum Gasteiger partial charge on any atom is -0.466 e. The summed E-state index contributed by atoms with van der Waals surface area (Å²) in [7, 11) is 0. The van der Waals surface area contributed by atoms with E-state index >= 15 is 0 Å². The predicted octanol–water partition coefficient (Wildman–Crippen LogP) is 2.52. The van der Waals surface area contributed by atoms with Crippen molar-refractivity contribution in [2.24, 2.45) is 0 Å². The molecule has 3 nitrogen and oxygen atoms in total. The van der Waals surface area contributed by atoms with E-state index in [1.807, 2.05) is 0 Å². The first-order valence-corrected chi connectivity index (χ1v) is 5.58. The number of amides is 1. The van der Waals surface area contributed by atoms with Crippen LogP contribution in [-0.2, 0) is 0 Å². The van der Waals surface area contributed by atoms with Crippen LogP contribution >= 0.6 is 0 Å². The van der Waals surface area contributed by atoms with Gasteiger partial charge in [-0.25, -0.2) is 4.39 Å². The maximum Gasteiger partial charge on any atom is 0.255 e. The largest absolute Gasteiger partial charge is 0.466 e. The van der Waals surface area contributed by atoms with Gasteiger partial charge in [-0.1, -0.05) is 0 Å². The van der Waals surface area contributed by atoms with E-state index in [2.05, 4.69) is 5.32 Å². The van der Waals surface area contributed by atoms with Crippen molar-refractivity contribution in [1.82, 2.24) is 5.32 Å². The second-order valence-corrected chi connectivity index (χ2v) is 4.41. The average molecular weight is 225 g/mol. The molecule has 16 heavy (non-hydrogen) atoms. The van der Waals surface area contributed by atoms with Gasteiger partial charge < -0.3 is 9.73 Å². The third-order valence-corrected chi connectivity index (χ3v) is 2.99. The van der Waals surface area contributed by atoms with Gasteiger partial charge in [0.05, 0.1) is 5.56 Å². The van der Waals surface area contributed by atoms with E-state index in [0.717, 1.165) is 12.2 Å². The summed E-state index contributed by atoms with van der Waals surface area (Å²) in [6, 6.07) is 1.68. The third-order valence-electron chi connectivity index (χ3n) is 2.99. The highest BCUT2D eigenvalue weighted by Crippen LogP contribution is 2.22. The molecule has 0 unspecified atom stereocenters. The van der Waals surface area contributed by atoms with Gasteiger partial charge in [-0.2, -0.15) is 0 Å². The van der Waals surface area contributed by atoms with Crippen molar-refractivity contribution in [1.29, 1.82) is 0 Å². The molecule has 1 fully saturated rings. The van der Waals surface area contributed by atoms with Crippen LogP contribution in [0.5, 0.6) is 0 Å². The topological polar surface area (TPSA) is 42.2 Å². The van der Waals surface area contributed by atoms with E-state index in [0.29, 0.717) is 24.2 Å². The summed E-state index contributed by atoms with van der Waals surface area (Å²) in [5.74, 6) is 1.18. The van der Waals surface area contributed by atoms with Crippen LogP contribution in [0, 0.1) is 13.8 Å². The zero-order valence-electron chi connectivity index (χ0n) is 9.55. The molecule has 4 heteroatoms. The fourth-order valence-corrected chi connectivity index (χ4v) is 2.18. The number of carbonyl (C=O) groups is 1. The molecule has 1 aromatic heterocycles. The molecule has 1 aliphatic carbocycles. The van der Waals surface area contributed by atoms with E-state index in [1.165, 1.54) is 0 Å². The van der Waals surface area contributed by atoms with E-state index in [9.17, 15) is 9.18 Å². The third kappa shape index (κ3) is 2.26. The first-order valence-electron chi connectivity index (χ1n) is 5.58. The van der Waals surface area contributed by atoms with Crippen LogP contribution in [0.15, 0.2) is 10.5 Å². The summed E-state index contributed by atoms with van der Waals surface area (Å²) in [5, 5.41) is 2.84. The smallest absolute Gasteiger partial charge is 0.255 e. The molecule has 1 aromatic rings. The summed E-state index contributed by atoms with van der Waals surface area (Å²) in [4.78, 5) is 11.8. The van der Waals surface area contributed by atoms with Gasteiger partial charge >= 0.3 is 0 Å². The normalized spacial score (nSPS) is 24.7. The van der Waals surface area contributed by atoms with Crippen molar-refractivity contribution in [3.8, 4) is 0 Å². The van der Waals surface area contributed by atoms with Gasteiger partial charge in [0, 0.05) is 6.04 Å². The summed E-state index contributed by atoms with van der Waals surface area (Å²) in [5.41, 5.74) is 0.555. The number of alkyl halides is 1. The minimum atomic E-state index is -0.766. The summed E-state index contributed by atoms with van der Waals surface area (Å²) in [6.07, 6.45) is 0.941. The van der Waals surface area contributed by atoms with Gasteiger partial charge in [0.15, 0.2) is 0 Å². The zero-order valence-corrected chi connectivity index (χ0v) is 9.55. The molecule has 0 saturated heterocycles. The van der Waals surface area contributed by atoms with Crippen LogP contribution in [0.4, 0.5) is 4.39 Å². The highest BCUT2D eigenvalue weighted by molar-refractivity contribution is 5.95. The summed E-state index contributed by atoms with van der Waals surface area (Å²) in [6.45, 7) is 3.56. The van der Waals surface area contributed by atoms with Gasteiger partial charge in [-0.15, -0.1) is 0 Å². The lowest BCUT2D eigenvalue weighted by molar-refractivity contribution is 0.0935. The van der Waals surface area contributed by atoms with Gasteiger partial charge in [-0.05, 0) is 39.2 Å². The molecule has 0 aromatic carbocycles. The lowest BCUT2D eigenvalue weighted by atomic mass is 10.2. The molecule has 1 N–H and O–H groups in total. The molecule has 0 spiro atoms. The van der Waals surface area contributed by atoms with E-state index in [1.54, 1.807) is 19.9 Å². The van der Waals surface area contributed by atoms with Crippen LogP contribution in [0.1, 0.15) is 41.1 Å². The first-order chi connectivity index (χ1) is 7.56. The molecule has 2 atom stereocenters. The number of nitrogens with one attached hydrogen (secondary N) is 1.